The third kappa shape index (κ3) is 1.48. The van der Waals surface area contributed by atoms with E-state index in [1.54, 1.807) is 0 Å². The van der Waals surface area contributed by atoms with Crippen molar-refractivity contribution in [3.05, 3.63) is 28.5 Å². The number of phenols is 1. The molecule has 0 radical (unpaired) electrons. The highest BCUT2D eigenvalue weighted by Crippen LogP contribution is 2.33. The molecule has 0 saturated heterocycles. The monoisotopic (exact) mass is 196 g/mol. The van der Waals surface area contributed by atoms with Gasteiger partial charge in [-0.25, -0.2) is 13.2 Å². The minimum absolute atomic E-state index is 0.389. The van der Waals surface area contributed by atoms with E-state index in [4.69, 9.17) is 16.7 Å². The van der Waals surface area contributed by atoms with Gasteiger partial charge in [0.2, 0.25) is 0 Å². The van der Waals surface area contributed by atoms with E-state index in [-0.39, 0.29) is 5.02 Å². The normalized spacial score (nSPS) is 10.8. The zero-order chi connectivity index (χ0) is 9.30. The molecule has 0 aliphatic heterocycles. The molecule has 66 valence electrons. The van der Waals surface area contributed by atoms with Crippen LogP contribution in [-0.4, -0.2) is 5.11 Å². The first-order valence-electron chi connectivity index (χ1n) is 2.99. The number of aromatic hydroxyl groups is 1. The maximum atomic E-state index is 12.7. The molecule has 5 heteroatoms. The predicted octanol–water partition coefficient (Wildman–Crippen LogP) is 3.12. The third-order valence-electron chi connectivity index (χ3n) is 1.32. The van der Waals surface area contributed by atoms with E-state index in [9.17, 15) is 13.2 Å². The first-order valence-corrected chi connectivity index (χ1v) is 3.37. The van der Waals surface area contributed by atoms with Crippen molar-refractivity contribution in [2.24, 2.45) is 0 Å². The van der Waals surface area contributed by atoms with Crippen LogP contribution in [0, 0.1) is 5.82 Å². The lowest BCUT2D eigenvalue weighted by molar-refractivity contribution is 0.145. The topological polar surface area (TPSA) is 20.2 Å². The Labute approximate surface area is 71.4 Å². The molecule has 0 aliphatic carbocycles. The summed E-state index contributed by atoms with van der Waals surface area (Å²) in [7, 11) is 0. The van der Waals surface area contributed by atoms with Gasteiger partial charge in [0.15, 0.2) is 11.6 Å². The smallest absolute Gasteiger partial charge is 0.268 e. The second-order valence-electron chi connectivity index (χ2n) is 2.09. The van der Waals surface area contributed by atoms with Gasteiger partial charge in [-0.1, -0.05) is 11.6 Å². The van der Waals surface area contributed by atoms with Crippen LogP contribution in [0.5, 0.6) is 5.75 Å². The van der Waals surface area contributed by atoms with E-state index in [1.807, 2.05) is 0 Å². The van der Waals surface area contributed by atoms with Gasteiger partial charge in [0.25, 0.3) is 6.43 Å². The van der Waals surface area contributed by atoms with Gasteiger partial charge in [-0.15, -0.1) is 0 Å². The quantitative estimate of drug-likeness (QED) is 0.732. The highest BCUT2D eigenvalue weighted by atomic mass is 35.5. The summed E-state index contributed by atoms with van der Waals surface area (Å²) in [6.45, 7) is 0. The molecule has 1 aromatic carbocycles. The fourth-order valence-corrected chi connectivity index (χ4v) is 0.986. The third-order valence-corrected chi connectivity index (χ3v) is 1.65. The second kappa shape index (κ2) is 3.23. The van der Waals surface area contributed by atoms with Crippen molar-refractivity contribution >= 4 is 11.6 Å². The molecule has 1 N–H and O–H groups in total. The maximum Gasteiger partial charge on any atom is 0.268 e. The van der Waals surface area contributed by atoms with E-state index >= 15 is 0 Å². The van der Waals surface area contributed by atoms with Crippen molar-refractivity contribution in [3.8, 4) is 5.75 Å². The molecule has 0 fully saturated rings. The van der Waals surface area contributed by atoms with Crippen molar-refractivity contribution in [1.29, 1.82) is 0 Å². The van der Waals surface area contributed by atoms with Crippen LogP contribution >= 0.6 is 11.6 Å². The van der Waals surface area contributed by atoms with Crippen molar-refractivity contribution in [1.82, 2.24) is 0 Å². The SMILES string of the molecule is Oc1ccc(Cl)c(C(F)F)c1F. The van der Waals surface area contributed by atoms with Crippen molar-refractivity contribution in [2.45, 2.75) is 6.43 Å². The molecule has 0 spiro atoms. The van der Waals surface area contributed by atoms with Gasteiger partial charge in [-0.2, -0.15) is 0 Å². The van der Waals surface area contributed by atoms with E-state index in [0.717, 1.165) is 12.1 Å². The Morgan fingerprint density at radius 2 is 1.92 bits per heavy atom. The Kier molecular flexibility index (Phi) is 2.47. The van der Waals surface area contributed by atoms with Crippen LogP contribution in [0.15, 0.2) is 12.1 Å². The Morgan fingerprint density at radius 1 is 1.33 bits per heavy atom. The Balaban J connectivity index is 3.33. The maximum absolute atomic E-state index is 12.7. The number of benzene rings is 1. The van der Waals surface area contributed by atoms with Gasteiger partial charge < -0.3 is 5.11 Å². The van der Waals surface area contributed by atoms with Crippen LogP contribution in [0.25, 0.3) is 0 Å². The summed E-state index contributed by atoms with van der Waals surface area (Å²) in [4.78, 5) is 0. The summed E-state index contributed by atoms with van der Waals surface area (Å²) < 4.78 is 36.8. The summed E-state index contributed by atoms with van der Waals surface area (Å²) in [5.74, 6) is -2.19. The molecule has 0 aromatic heterocycles. The van der Waals surface area contributed by atoms with Crippen molar-refractivity contribution in [2.75, 3.05) is 0 Å². The van der Waals surface area contributed by atoms with Crippen molar-refractivity contribution in [3.63, 3.8) is 0 Å². The summed E-state index contributed by atoms with van der Waals surface area (Å²) in [6, 6.07) is 1.94. The van der Waals surface area contributed by atoms with Crippen molar-refractivity contribution < 1.29 is 18.3 Å². The molecule has 0 aliphatic rings. The lowest BCUT2D eigenvalue weighted by Crippen LogP contribution is -1.92. The lowest BCUT2D eigenvalue weighted by atomic mass is 10.2. The largest absolute Gasteiger partial charge is 0.505 e. The van der Waals surface area contributed by atoms with E-state index < -0.39 is 23.6 Å². The summed E-state index contributed by atoms with van der Waals surface area (Å²) in [5, 5.41) is 8.32. The van der Waals surface area contributed by atoms with Gasteiger partial charge in [0.05, 0.1) is 10.6 Å². The average Bonchev–Trinajstić information content (AvgIpc) is 1.97. The molecule has 0 unspecified atom stereocenters. The number of alkyl halides is 2. The summed E-state index contributed by atoms with van der Waals surface area (Å²) in [5.41, 5.74) is -0.961. The number of phenolic OH excluding ortho intramolecular Hbond substituents is 1. The van der Waals surface area contributed by atoms with Gasteiger partial charge in [-0.3, -0.25) is 0 Å². The predicted molar refractivity (Wildman–Crippen MR) is 38.0 cm³/mol. The van der Waals surface area contributed by atoms with Gasteiger partial charge in [-0.05, 0) is 12.1 Å². The van der Waals surface area contributed by atoms with E-state index in [2.05, 4.69) is 0 Å². The van der Waals surface area contributed by atoms with Crippen LogP contribution < -0.4 is 0 Å². The van der Waals surface area contributed by atoms with Crippen LogP contribution in [-0.2, 0) is 0 Å². The molecule has 0 amide bonds. The highest BCUT2D eigenvalue weighted by Gasteiger charge is 2.19. The Bertz CT molecular complexity index is 301. The molecule has 0 bridgehead atoms. The number of rotatable bonds is 1. The van der Waals surface area contributed by atoms with Crippen LogP contribution in [0.3, 0.4) is 0 Å². The average molecular weight is 197 g/mol. The number of hydrogen-bond donors (Lipinski definition) is 1. The van der Waals surface area contributed by atoms with E-state index in [0.29, 0.717) is 0 Å². The van der Waals surface area contributed by atoms with Crippen LogP contribution in [0.4, 0.5) is 13.2 Å². The second-order valence-corrected chi connectivity index (χ2v) is 2.50. The fraction of sp³-hybridized carbons (Fsp3) is 0.143. The number of hydrogen-bond acceptors (Lipinski definition) is 1. The Morgan fingerprint density at radius 3 is 2.33 bits per heavy atom. The molecule has 0 heterocycles. The minimum Gasteiger partial charge on any atom is -0.505 e. The zero-order valence-electron chi connectivity index (χ0n) is 5.69. The molecule has 12 heavy (non-hydrogen) atoms. The highest BCUT2D eigenvalue weighted by molar-refractivity contribution is 6.31. The standard InChI is InChI=1S/C7H4ClF3O/c8-3-1-2-4(12)6(9)5(3)7(10)11/h1-2,7,12H. The fourth-order valence-electron chi connectivity index (χ4n) is 0.758. The van der Waals surface area contributed by atoms with Gasteiger partial charge >= 0.3 is 0 Å². The molecular weight excluding hydrogens is 193 g/mol. The molecule has 1 nitrogen and oxygen atoms in total. The molecule has 0 atom stereocenters. The van der Waals surface area contributed by atoms with Gasteiger partial charge in [0, 0.05) is 0 Å². The molecule has 0 saturated carbocycles. The number of halogens is 4. The minimum atomic E-state index is -3.02. The lowest BCUT2D eigenvalue weighted by Gasteiger charge is -2.04. The molecule has 1 aromatic rings. The van der Waals surface area contributed by atoms with E-state index in [1.165, 1.54) is 0 Å². The molecule has 1 rings (SSSR count). The summed E-state index contributed by atoms with van der Waals surface area (Å²) >= 11 is 5.27. The first kappa shape index (κ1) is 9.19. The van der Waals surface area contributed by atoms with Crippen LogP contribution in [0.1, 0.15) is 12.0 Å². The van der Waals surface area contributed by atoms with Gasteiger partial charge in [0.1, 0.15) is 0 Å². The summed E-state index contributed by atoms with van der Waals surface area (Å²) in [6.07, 6.45) is -3.02. The van der Waals surface area contributed by atoms with Crippen LogP contribution in [0.2, 0.25) is 5.02 Å². The zero-order valence-corrected chi connectivity index (χ0v) is 6.45. The first-order chi connectivity index (χ1) is 5.54. The molecular formula is C7H4ClF3O. The Hall–Kier alpha value is -0.900.